The summed E-state index contributed by atoms with van der Waals surface area (Å²) in [5, 5.41) is 9.52. The molecule has 0 spiro atoms. The molecule has 0 amide bonds. The van der Waals surface area contributed by atoms with Crippen LogP contribution in [0.15, 0.2) is 30.3 Å². The monoisotopic (exact) mass is 347 g/mol. The van der Waals surface area contributed by atoms with Gasteiger partial charge in [0.25, 0.3) is 0 Å². The van der Waals surface area contributed by atoms with E-state index in [1.807, 2.05) is 32.0 Å². The van der Waals surface area contributed by atoms with Crippen molar-refractivity contribution in [2.24, 2.45) is 0 Å². The van der Waals surface area contributed by atoms with E-state index in [4.69, 9.17) is 10.00 Å². The number of ether oxygens (including phenoxy) is 1. The Hall–Kier alpha value is -1.86. The number of nitrogens with zero attached hydrogens (tertiary/aromatic N) is 1. The summed E-state index contributed by atoms with van der Waals surface area (Å²) < 4.78 is 19.6. The molecule has 0 unspecified atom stereocenters. The van der Waals surface area contributed by atoms with Crippen molar-refractivity contribution in [1.29, 1.82) is 5.26 Å². The van der Waals surface area contributed by atoms with Gasteiger partial charge in [0, 0.05) is 10.9 Å². The van der Waals surface area contributed by atoms with E-state index in [2.05, 4.69) is 15.9 Å². The molecule has 0 aromatic heterocycles. The molecule has 2 aromatic rings. The number of benzene rings is 2. The van der Waals surface area contributed by atoms with Crippen LogP contribution in [-0.4, -0.2) is 0 Å². The van der Waals surface area contributed by atoms with Crippen LogP contribution in [-0.2, 0) is 11.9 Å². The van der Waals surface area contributed by atoms with Gasteiger partial charge < -0.3 is 4.74 Å². The lowest BCUT2D eigenvalue weighted by atomic mass is 10.1. The van der Waals surface area contributed by atoms with E-state index in [9.17, 15) is 4.39 Å². The maximum atomic E-state index is 13.8. The molecule has 0 heterocycles. The normalized spacial score (nSPS) is 10.2. The fraction of sp³-hybridized carbons (Fsp3) is 0.235. The van der Waals surface area contributed by atoms with E-state index in [1.54, 1.807) is 12.1 Å². The first kappa shape index (κ1) is 15.5. The second-order valence-electron chi connectivity index (χ2n) is 4.90. The highest BCUT2D eigenvalue weighted by atomic mass is 79.9. The van der Waals surface area contributed by atoms with E-state index in [1.165, 1.54) is 11.6 Å². The minimum Gasteiger partial charge on any atom is -0.488 e. The zero-order valence-corrected chi connectivity index (χ0v) is 13.5. The summed E-state index contributed by atoms with van der Waals surface area (Å²) >= 11 is 3.43. The Morgan fingerprint density at radius 3 is 2.38 bits per heavy atom. The van der Waals surface area contributed by atoms with Crippen LogP contribution in [0.5, 0.6) is 5.75 Å². The van der Waals surface area contributed by atoms with Gasteiger partial charge in [0.15, 0.2) is 0 Å². The second kappa shape index (κ2) is 6.73. The molecule has 0 aliphatic carbocycles. The van der Waals surface area contributed by atoms with Crippen molar-refractivity contribution >= 4 is 15.9 Å². The van der Waals surface area contributed by atoms with E-state index in [0.717, 1.165) is 22.2 Å². The minimum atomic E-state index is -0.415. The topological polar surface area (TPSA) is 33.0 Å². The molecule has 2 aromatic carbocycles. The fourth-order valence-electron chi connectivity index (χ4n) is 2.23. The third-order valence-electron chi connectivity index (χ3n) is 3.23. The van der Waals surface area contributed by atoms with Crippen molar-refractivity contribution in [2.45, 2.75) is 25.8 Å². The number of nitriles is 1. The predicted octanol–water partition coefficient (Wildman–Crippen LogP) is 4.79. The number of hydrogen-bond donors (Lipinski definition) is 0. The van der Waals surface area contributed by atoms with E-state index < -0.39 is 5.82 Å². The van der Waals surface area contributed by atoms with Gasteiger partial charge >= 0.3 is 0 Å². The lowest BCUT2D eigenvalue weighted by Gasteiger charge is -2.14. The van der Waals surface area contributed by atoms with Crippen molar-refractivity contribution in [3.05, 3.63) is 64.0 Å². The molecular weight excluding hydrogens is 333 g/mol. The first-order chi connectivity index (χ1) is 10.0. The Morgan fingerprint density at radius 1 is 1.19 bits per heavy atom. The summed E-state index contributed by atoms with van der Waals surface area (Å²) in [7, 11) is 0. The van der Waals surface area contributed by atoms with Gasteiger partial charge in [-0.05, 0) is 42.7 Å². The molecule has 0 saturated heterocycles. The van der Waals surface area contributed by atoms with Gasteiger partial charge in [-0.15, -0.1) is 0 Å². The third kappa shape index (κ3) is 3.62. The predicted molar refractivity (Wildman–Crippen MR) is 84.0 cm³/mol. The third-order valence-corrected chi connectivity index (χ3v) is 3.88. The minimum absolute atomic E-state index is 0.146. The van der Waals surface area contributed by atoms with Crippen LogP contribution in [0.4, 0.5) is 4.39 Å². The molecule has 0 bridgehead atoms. The highest BCUT2D eigenvalue weighted by Crippen LogP contribution is 2.27. The largest absolute Gasteiger partial charge is 0.488 e. The molecule has 0 atom stereocenters. The van der Waals surface area contributed by atoms with Gasteiger partial charge in [0.1, 0.15) is 18.2 Å². The Balaban J connectivity index is 2.19. The van der Waals surface area contributed by atoms with Gasteiger partial charge in [0.05, 0.1) is 11.6 Å². The number of halogens is 2. The first-order valence-electron chi connectivity index (χ1n) is 6.52. The molecule has 21 heavy (non-hydrogen) atoms. The maximum Gasteiger partial charge on any atom is 0.131 e. The molecular formula is C17H15BrFNO. The summed E-state index contributed by atoms with van der Waals surface area (Å²) in [6, 6.07) is 10.4. The maximum absolute atomic E-state index is 13.8. The number of hydrogen-bond acceptors (Lipinski definition) is 2. The Morgan fingerprint density at radius 2 is 1.86 bits per heavy atom. The van der Waals surface area contributed by atoms with Crippen molar-refractivity contribution < 1.29 is 9.13 Å². The lowest BCUT2D eigenvalue weighted by molar-refractivity contribution is 0.295. The second-order valence-corrected chi connectivity index (χ2v) is 5.46. The summed E-state index contributed by atoms with van der Waals surface area (Å²) in [5.74, 6) is 0.366. The zero-order valence-electron chi connectivity index (χ0n) is 11.9. The number of rotatable bonds is 4. The molecule has 2 rings (SSSR count). The van der Waals surface area contributed by atoms with Crippen LogP contribution in [0.2, 0.25) is 0 Å². The molecule has 0 N–H and O–H groups in total. The molecule has 0 aliphatic rings. The molecule has 0 aliphatic heterocycles. The molecule has 0 radical (unpaired) electrons. The van der Waals surface area contributed by atoms with Crippen molar-refractivity contribution in [2.75, 3.05) is 0 Å². The summed E-state index contributed by atoms with van der Waals surface area (Å²) in [4.78, 5) is 0. The average Bonchev–Trinajstić information content (AvgIpc) is 2.47. The summed E-state index contributed by atoms with van der Waals surface area (Å²) in [6.07, 6.45) is 0. The summed E-state index contributed by atoms with van der Waals surface area (Å²) in [6.45, 7) is 4.10. The van der Waals surface area contributed by atoms with E-state index in [0.29, 0.717) is 11.1 Å². The smallest absolute Gasteiger partial charge is 0.131 e. The van der Waals surface area contributed by atoms with Crippen LogP contribution >= 0.6 is 15.9 Å². The van der Waals surface area contributed by atoms with Gasteiger partial charge in [-0.2, -0.15) is 5.26 Å². The van der Waals surface area contributed by atoms with Crippen LogP contribution < -0.4 is 4.74 Å². The van der Waals surface area contributed by atoms with Crippen molar-refractivity contribution in [3.63, 3.8) is 0 Å². The Kier molecular flexibility index (Phi) is 4.98. The summed E-state index contributed by atoms with van der Waals surface area (Å²) in [5.41, 5.74) is 3.99. The fourth-order valence-corrected chi connectivity index (χ4v) is 2.55. The first-order valence-corrected chi connectivity index (χ1v) is 7.64. The molecule has 4 heteroatoms. The average molecular weight is 348 g/mol. The lowest BCUT2D eigenvalue weighted by Crippen LogP contribution is -2.02. The van der Waals surface area contributed by atoms with E-state index >= 15 is 0 Å². The van der Waals surface area contributed by atoms with E-state index in [-0.39, 0.29) is 6.61 Å². The van der Waals surface area contributed by atoms with Crippen LogP contribution in [0.1, 0.15) is 27.8 Å². The van der Waals surface area contributed by atoms with Gasteiger partial charge in [0.2, 0.25) is 0 Å². The van der Waals surface area contributed by atoms with Crippen molar-refractivity contribution in [3.8, 4) is 11.8 Å². The van der Waals surface area contributed by atoms with Crippen LogP contribution in [0.3, 0.4) is 0 Å². The number of alkyl halides is 1. The Labute approximate surface area is 132 Å². The molecule has 0 fully saturated rings. The highest BCUT2D eigenvalue weighted by Gasteiger charge is 2.09. The van der Waals surface area contributed by atoms with Gasteiger partial charge in [-0.25, -0.2) is 4.39 Å². The standard InChI is InChI=1S/C17H15BrFNO/c1-11-5-14(8-18)6-12(2)17(11)21-10-15-4-3-13(9-20)7-16(15)19/h3-7H,8,10H2,1-2H3. The van der Waals surface area contributed by atoms with Crippen LogP contribution in [0, 0.1) is 31.0 Å². The molecule has 108 valence electrons. The van der Waals surface area contributed by atoms with Gasteiger partial charge in [-0.3, -0.25) is 0 Å². The quantitative estimate of drug-likeness (QED) is 0.745. The highest BCUT2D eigenvalue weighted by molar-refractivity contribution is 9.08. The molecule has 0 saturated carbocycles. The van der Waals surface area contributed by atoms with Crippen molar-refractivity contribution in [1.82, 2.24) is 0 Å². The van der Waals surface area contributed by atoms with Gasteiger partial charge in [-0.1, -0.05) is 34.1 Å². The Bertz CT molecular complexity index is 683. The molecule has 2 nitrogen and oxygen atoms in total. The zero-order chi connectivity index (χ0) is 15.4. The SMILES string of the molecule is Cc1cc(CBr)cc(C)c1OCc1ccc(C#N)cc1F. The number of aryl methyl sites for hydroxylation is 2. The van der Waals surface area contributed by atoms with Crippen LogP contribution in [0.25, 0.3) is 0 Å².